The third kappa shape index (κ3) is 1.94. The number of nitrogens with zero attached hydrogens (tertiary/aromatic N) is 1. The van der Waals surface area contributed by atoms with Gasteiger partial charge in [-0.05, 0) is 41.7 Å². The smallest absolute Gasteiger partial charge is 0.0432 e. The van der Waals surface area contributed by atoms with Gasteiger partial charge in [0.05, 0.1) is 0 Å². The first kappa shape index (κ1) is 12.1. The maximum absolute atomic E-state index is 2.65. The second kappa shape index (κ2) is 3.53. The van der Waals surface area contributed by atoms with E-state index in [1.165, 1.54) is 31.5 Å². The van der Waals surface area contributed by atoms with Gasteiger partial charge in [-0.1, -0.05) is 45.4 Å². The minimum Gasteiger partial charge on any atom is -0.370 e. The lowest BCUT2D eigenvalue weighted by Crippen LogP contribution is -2.48. The van der Waals surface area contributed by atoms with Crippen LogP contribution in [0.2, 0.25) is 0 Å². The molecule has 3 rings (SSSR count). The molecular formula is C17H25N. The molecule has 0 saturated heterocycles. The van der Waals surface area contributed by atoms with Crippen LogP contribution in [0.3, 0.4) is 0 Å². The molecule has 0 atom stereocenters. The first-order chi connectivity index (χ1) is 8.26. The first-order valence-corrected chi connectivity index (χ1v) is 7.13. The van der Waals surface area contributed by atoms with E-state index in [0.717, 1.165) is 0 Å². The summed E-state index contributed by atoms with van der Waals surface area (Å²) in [5.41, 5.74) is 6.98. The topological polar surface area (TPSA) is 3.24 Å². The molecule has 1 aromatic carbocycles. The van der Waals surface area contributed by atoms with Gasteiger partial charge in [-0.3, -0.25) is 0 Å². The van der Waals surface area contributed by atoms with Gasteiger partial charge in [-0.25, -0.2) is 0 Å². The SMILES string of the molecule is Cc1cc2c3c(c1)CC(C)(C)CN3CC(C)(C)C2. The number of benzene rings is 1. The van der Waals surface area contributed by atoms with Gasteiger partial charge in [0.15, 0.2) is 0 Å². The molecule has 0 aliphatic carbocycles. The second-order valence-corrected chi connectivity index (χ2v) is 7.97. The van der Waals surface area contributed by atoms with Crippen molar-refractivity contribution < 1.29 is 0 Å². The van der Waals surface area contributed by atoms with Crippen LogP contribution in [0.5, 0.6) is 0 Å². The Morgan fingerprint density at radius 3 is 1.78 bits per heavy atom. The summed E-state index contributed by atoms with van der Waals surface area (Å²) in [5.74, 6) is 0. The number of rotatable bonds is 0. The Morgan fingerprint density at radius 2 is 1.33 bits per heavy atom. The van der Waals surface area contributed by atoms with Gasteiger partial charge in [-0.15, -0.1) is 0 Å². The van der Waals surface area contributed by atoms with Crippen LogP contribution >= 0.6 is 0 Å². The summed E-state index contributed by atoms with van der Waals surface area (Å²) >= 11 is 0. The third-order valence-corrected chi connectivity index (χ3v) is 4.30. The van der Waals surface area contributed by atoms with Gasteiger partial charge in [0.25, 0.3) is 0 Å². The number of hydrogen-bond acceptors (Lipinski definition) is 1. The van der Waals surface area contributed by atoms with Crippen molar-refractivity contribution in [2.75, 3.05) is 18.0 Å². The van der Waals surface area contributed by atoms with Gasteiger partial charge in [-0.2, -0.15) is 0 Å². The molecule has 98 valence electrons. The minimum atomic E-state index is 0.408. The molecule has 0 N–H and O–H groups in total. The number of anilines is 1. The Labute approximate surface area is 111 Å². The monoisotopic (exact) mass is 243 g/mol. The fraction of sp³-hybridized carbons (Fsp3) is 0.647. The molecule has 0 spiro atoms. The largest absolute Gasteiger partial charge is 0.370 e. The molecule has 1 nitrogen and oxygen atoms in total. The zero-order chi connectivity index (χ0) is 13.1. The van der Waals surface area contributed by atoms with Crippen LogP contribution in [0.1, 0.15) is 44.4 Å². The van der Waals surface area contributed by atoms with Gasteiger partial charge >= 0.3 is 0 Å². The molecule has 0 aromatic heterocycles. The number of hydrogen-bond donors (Lipinski definition) is 0. The van der Waals surface area contributed by atoms with Crippen LogP contribution in [-0.4, -0.2) is 13.1 Å². The Morgan fingerprint density at radius 1 is 0.889 bits per heavy atom. The molecule has 1 heteroatoms. The van der Waals surface area contributed by atoms with E-state index in [1.807, 2.05) is 0 Å². The minimum absolute atomic E-state index is 0.408. The van der Waals surface area contributed by atoms with Crippen LogP contribution in [0, 0.1) is 17.8 Å². The molecule has 0 saturated carbocycles. The van der Waals surface area contributed by atoms with E-state index >= 15 is 0 Å². The first-order valence-electron chi connectivity index (χ1n) is 7.13. The molecule has 2 heterocycles. The van der Waals surface area contributed by atoms with Crippen molar-refractivity contribution in [3.05, 3.63) is 28.8 Å². The quantitative estimate of drug-likeness (QED) is 0.666. The molecule has 18 heavy (non-hydrogen) atoms. The highest BCUT2D eigenvalue weighted by molar-refractivity contribution is 5.65. The molecular weight excluding hydrogens is 218 g/mol. The number of aryl methyl sites for hydroxylation is 1. The van der Waals surface area contributed by atoms with E-state index in [0.29, 0.717) is 10.8 Å². The van der Waals surface area contributed by atoms with Crippen molar-refractivity contribution in [1.82, 2.24) is 0 Å². The van der Waals surface area contributed by atoms with E-state index in [-0.39, 0.29) is 0 Å². The summed E-state index contributed by atoms with van der Waals surface area (Å²) in [6, 6.07) is 4.82. The second-order valence-electron chi connectivity index (χ2n) is 7.97. The van der Waals surface area contributed by atoms with Gasteiger partial charge in [0.2, 0.25) is 0 Å². The highest BCUT2D eigenvalue weighted by Gasteiger charge is 2.38. The van der Waals surface area contributed by atoms with Crippen molar-refractivity contribution in [3.63, 3.8) is 0 Å². The molecule has 0 radical (unpaired) electrons. The lowest BCUT2D eigenvalue weighted by Gasteiger charge is -2.48. The fourth-order valence-corrected chi connectivity index (χ4v) is 4.00. The van der Waals surface area contributed by atoms with Crippen LogP contribution < -0.4 is 4.90 Å². The molecule has 0 fully saturated rings. The predicted octanol–water partition coefficient (Wildman–Crippen LogP) is 3.97. The van der Waals surface area contributed by atoms with Gasteiger partial charge in [0, 0.05) is 18.8 Å². The molecule has 1 aromatic rings. The van der Waals surface area contributed by atoms with Crippen LogP contribution in [0.15, 0.2) is 12.1 Å². The van der Waals surface area contributed by atoms with Crippen molar-refractivity contribution in [1.29, 1.82) is 0 Å². The van der Waals surface area contributed by atoms with E-state index in [4.69, 9.17) is 0 Å². The lowest BCUT2D eigenvalue weighted by molar-refractivity contribution is 0.289. The molecule has 0 bridgehead atoms. The zero-order valence-corrected chi connectivity index (χ0v) is 12.4. The highest BCUT2D eigenvalue weighted by atomic mass is 15.2. The Kier molecular flexibility index (Phi) is 2.36. The maximum Gasteiger partial charge on any atom is 0.0432 e. The highest BCUT2D eigenvalue weighted by Crippen LogP contribution is 2.45. The molecule has 0 amide bonds. The Bertz CT molecular complexity index is 455. The maximum atomic E-state index is 2.65. The summed E-state index contributed by atoms with van der Waals surface area (Å²) < 4.78 is 0. The van der Waals surface area contributed by atoms with Crippen molar-refractivity contribution in [2.45, 2.75) is 47.5 Å². The van der Waals surface area contributed by atoms with E-state index in [2.05, 4.69) is 51.7 Å². The van der Waals surface area contributed by atoms with Crippen LogP contribution in [-0.2, 0) is 12.8 Å². The van der Waals surface area contributed by atoms with Crippen molar-refractivity contribution >= 4 is 5.69 Å². The molecule has 2 aliphatic heterocycles. The summed E-state index contributed by atoms with van der Waals surface area (Å²) in [5, 5.41) is 0. The summed E-state index contributed by atoms with van der Waals surface area (Å²) in [7, 11) is 0. The molecule has 0 unspecified atom stereocenters. The van der Waals surface area contributed by atoms with E-state index in [1.54, 1.807) is 16.8 Å². The van der Waals surface area contributed by atoms with Gasteiger partial charge in [0.1, 0.15) is 0 Å². The third-order valence-electron chi connectivity index (χ3n) is 4.30. The standard InChI is InChI=1S/C17H25N/c1-12-6-13-8-16(2,3)10-18-11-17(4,5)9-14(7-12)15(13)18/h6-7H,8-11H2,1-5H3. The lowest BCUT2D eigenvalue weighted by atomic mass is 9.73. The fourth-order valence-electron chi connectivity index (χ4n) is 4.00. The van der Waals surface area contributed by atoms with E-state index in [9.17, 15) is 0 Å². The van der Waals surface area contributed by atoms with Crippen molar-refractivity contribution in [2.24, 2.45) is 10.8 Å². The average Bonchev–Trinajstić information content (AvgIpc) is 2.09. The summed E-state index contributed by atoms with van der Waals surface area (Å²) in [6.07, 6.45) is 2.46. The summed E-state index contributed by atoms with van der Waals surface area (Å²) in [4.78, 5) is 2.65. The zero-order valence-electron chi connectivity index (χ0n) is 12.4. The Hall–Kier alpha value is -0.980. The Balaban J connectivity index is 2.17. The normalized spacial score (nSPS) is 23.7. The molecule has 2 aliphatic rings. The van der Waals surface area contributed by atoms with Gasteiger partial charge < -0.3 is 4.90 Å². The average molecular weight is 243 g/mol. The predicted molar refractivity (Wildman–Crippen MR) is 78.4 cm³/mol. The van der Waals surface area contributed by atoms with Crippen LogP contribution in [0.4, 0.5) is 5.69 Å². The van der Waals surface area contributed by atoms with Crippen molar-refractivity contribution in [3.8, 4) is 0 Å². The summed E-state index contributed by atoms with van der Waals surface area (Å²) in [6.45, 7) is 14.3. The van der Waals surface area contributed by atoms with E-state index < -0.39 is 0 Å². The van der Waals surface area contributed by atoms with Crippen LogP contribution in [0.25, 0.3) is 0 Å².